The fourth-order valence-electron chi connectivity index (χ4n) is 5.15. The number of carbonyl (C=O) groups is 1. The molecule has 1 aliphatic carbocycles. The molecule has 3 N–H and O–H groups in total. The minimum Gasteiger partial charge on any atom is -0.381 e. The molecule has 1 aromatic heterocycles. The second-order valence-electron chi connectivity index (χ2n) is 8.33. The van der Waals surface area contributed by atoms with E-state index in [2.05, 4.69) is 41.6 Å². The maximum absolute atomic E-state index is 11.7. The van der Waals surface area contributed by atoms with Gasteiger partial charge in [-0.25, -0.2) is 4.68 Å². The Balaban J connectivity index is 1.46. The molecule has 2 fully saturated rings. The first-order valence-electron chi connectivity index (χ1n) is 10.3. The molecular formula is C23H26N4O2. The van der Waals surface area contributed by atoms with Crippen molar-refractivity contribution in [2.75, 3.05) is 26.3 Å². The summed E-state index contributed by atoms with van der Waals surface area (Å²) in [5.41, 5.74) is 9.38. The lowest BCUT2D eigenvalue weighted by Crippen LogP contribution is -2.41. The number of rotatable bonds is 6. The van der Waals surface area contributed by atoms with Crippen LogP contribution in [0.25, 0.3) is 16.6 Å². The zero-order valence-electron chi connectivity index (χ0n) is 16.6. The third-order valence-corrected chi connectivity index (χ3v) is 6.79. The smallest absolute Gasteiger partial charge is 0.250 e. The van der Waals surface area contributed by atoms with Gasteiger partial charge in [-0.1, -0.05) is 24.3 Å². The van der Waals surface area contributed by atoms with Gasteiger partial charge < -0.3 is 15.8 Å². The second kappa shape index (κ2) is 6.68. The molecular weight excluding hydrogens is 364 g/mol. The van der Waals surface area contributed by atoms with Crippen molar-refractivity contribution in [1.29, 1.82) is 0 Å². The number of aromatic nitrogens is 2. The van der Waals surface area contributed by atoms with Crippen LogP contribution in [0.4, 0.5) is 0 Å². The van der Waals surface area contributed by atoms with Crippen molar-refractivity contribution < 1.29 is 9.53 Å². The van der Waals surface area contributed by atoms with Crippen molar-refractivity contribution in [2.45, 2.75) is 25.2 Å². The molecule has 150 valence electrons. The van der Waals surface area contributed by atoms with E-state index in [0.717, 1.165) is 43.8 Å². The van der Waals surface area contributed by atoms with E-state index in [1.807, 2.05) is 23.0 Å². The second-order valence-corrected chi connectivity index (χ2v) is 8.33. The van der Waals surface area contributed by atoms with Crippen LogP contribution in [0.2, 0.25) is 0 Å². The number of benzene rings is 2. The number of hydrogen-bond acceptors (Lipinski definition) is 4. The number of amides is 1. The van der Waals surface area contributed by atoms with Crippen LogP contribution in [-0.4, -0.2) is 42.0 Å². The molecule has 2 heterocycles. The molecule has 0 radical (unpaired) electrons. The lowest BCUT2D eigenvalue weighted by atomic mass is 9.81. The van der Waals surface area contributed by atoms with Crippen molar-refractivity contribution in [3.05, 3.63) is 59.8 Å². The molecule has 1 amide bonds. The molecule has 6 heteroatoms. The first-order valence-corrected chi connectivity index (χ1v) is 10.3. The van der Waals surface area contributed by atoms with E-state index >= 15 is 0 Å². The van der Waals surface area contributed by atoms with E-state index in [-0.39, 0.29) is 10.8 Å². The number of nitrogens with two attached hydrogens (primary N) is 1. The highest BCUT2D eigenvalue weighted by Gasteiger charge is 2.68. The van der Waals surface area contributed by atoms with E-state index in [4.69, 9.17) is 10.5 Å². The maximum Gasteiger partial charge on any atom is 0.250 e. The van der Waals surface area contributed by atoms with Crippen LogP contribution in [0.15, 0.2) is 48.7 Å². The fraction of sp³-hybridized carbons (Fsp3) is 0.391. The van der Waals surface area contributed by atoms with E-state index < -0.39 is 5.91 Å². The van der Waals surface area contributed by atoms with Gasteiger partial charge in [0.15, 0.2) is 0 Å². The average Bonchev–Trinajstić information content (AvgIpc) is 3.24. The SMILES string of the molecule is CCOCC12CNCCC1(c1ccc(-n3cc4cccc(C(N)=O)c4n3)cc1)C2. The summed E-state index contributed by atoms with van der Waals surface area (Å²) >= 11 is 0. The molecule has 1 saturated heterocycles. The van der Waals surface area contributed by atoms with Gasteiger partial charge in [0.2, 0.25) is 0 Å². The number of carbonyl (C=O) groups excluding carboxylic acids is 1. The van der Waals surface area contributed by atoms with Crippen LogP contribution in [0.1, 0.15) is 35.7 Å². The van der Waals surface area contributed by atoms with Gasteiger partial charge in [-0.2, -0.15) is 5.10 Å². The number of piperidine rings is 1. The molecule has 1 aliphatic heterocycles. The van der Waals surface area contributed by atoms with Crippen LogP contribution in [0.3, 0.4) is 0 Å². The van der Waals surface area contributed by atoms with Crippen molar-refractivity contribution in [3.8, 4) is 5.69 Å². The lowest BCUT2D eigenvalue weighted by Gasteiger charge is -2.31. The van der Waals surface area contributed by atoms with Gasteiger partial charge in [-0.05, 0) is 50.1 Å². The molecule has 29 heavy (non-hydrogen) atoms. The normalized spacial score (nSPS) is 25.7. The van der Waals surface area contributed by atoms with Crippen molar-refractivity contribution in [2.24, 2.45) is 11.1 Å². The van der Waals surface area contributed by atoms with Gasteiger partial charge >= 0.3 is 0 Å². The Bertz CT molecular complexity index is 1070. The molecule has 6 nitrogen and oxygen atoms in total. The monoisotopic (exact) mass is 390 g/mol. The number of primary amides is 1. The predicted octanol–water partition coefficient (Wildman–Crippen LogP) is 2.78. The van der Waals surface area contributed by atoms with Gasteiger partial charge in [-0.3, -0.25) is 4.79 Å². The van der Waals surface area contributed by atoms with Crippen molar-refractivity contribution in [1.82, 2.24) is 15.1 Å². The third-order valence-electron chi connectivity index (χ3n) is 6.79. The molecule has 1 saturated carbocycles. The molecule has 5 rings (SSSR count). The minimum absolute atomic E-state index is 0.222. The maximum atomic E-state index is 11.7. The number of nitrogens with zero attached hydrogens (tertiary/aromatic N) is 2. The van der Waals surface area contributed by atoms with Gasteiger partial charge in [0.25, 0.3) is 5.91 Å². The summed E-state index contributed by atoms with van der Waals surface area (Å²) in [5, 5.41) is 9.07. The Labute approximate surface area is 170 Å². The summed E-state index contributed by atoms with van der Waals surface area (Å²) in [5.74, 6) is -0.458. The highest BCUT2D eigenvalue weighted by Crippen LogP contribution is 2.67. The number of nitrogens with one attached hydrogen (secondary N) is 1. The summed E-state index contributed by atoms with van der Waals surface area (Å²) in [6.07, 6.45) is 4.27. The van der Waals surface area contributed by atoms with Crippen LogP contribution < -0.4 is 11.1 Å². The quantitative estimate of drug-likeness (QED) is 0.678. The van der Waals surface area contributed by atoms with Crippen molar-refractivity contribution >= 4 is 16.8 Å². The highest BCUT2D eigenvalue weighted by molar-refractivity contribution is 6.04. The Morgan fingerprint density at radius 3 is 2.86 bits per heavy atom. The standard InChI is InChI=1S/C23H26N4O2/c1-2-29-15-22-13-23(22,10-11-25-14-22)17-6-8-18(9-7-17)27-12-16-4-3-5-19(21(24)28)20(16)26-27/h3-9,12,25H,2,10-11,13-15H2,1H3,(H2,24,28). The Morgan fingerprint density at radius 1 is 1.28 bits per heavy atom. The predicted molar refractivity (Wildman–Crippen MR) is 112 cm³/mol. The van der Waals surface area contributed by atoms with E-state index in [0.29, 0.717) is 11.1 Å². The van der Waals surface area contributed by atoms with Gasteiger partial charge in [0.1, 0.15) is 5.52 Å². The topological polar surface area (TPSA) is 82.2 Å². The summed E-state index contributed by atoms with van der Waals surface area (Å²) in [6.45, 7) is 5.71. The Kier molecular flexibility index (Phi) is 4.22. The lowest BCUT2D eigenvalue weighted by molar-refractivity contribution is 0.0817. The number of hydrogen-bond donors (Lipinski definition) is 2. The Hall–Kier alpha value is -2.70. The number of fused-ring (bicyclic) bond motifs is 2. The molecule has 2 aromatic carbocycles. The molecule has 0 bridgehead atoms. The third kappa shape index (κ3) is 2.78. The van der Waals surface area contributed by atoms with Gasteiger partial charge in [-0.15, -0.1) is 0 Å². The number of ether oxygens (including phenoxy) is 1. The molecule has 3 aromatic rings. The van der Waals surface area contributed by atoms with Crippen LogP contribution in [0, 0.1) is 5.41 Å². The average molecular weight is 390 g/mol. The molecule has 2 aliphatic rings. The van der Waals surface area contributed by atoms with E-state index in [1.54, 1.807) is 6.07 Å². The zero-order valence-corrected chi connectivity index (χ0v) is 16.6. The van der Waals surface area contributed by atoms with Gasteiger partial charge in [0.05, 0.1) is 17.9 Å². The van der Waals surface area contributed by atoms with Crippen LogP contribution >= 0.6 is 0 Å². The Morgan fingerprint density at radius 2 is 2.10 bits per heavy atom. The van der Waals surface area contributed by atoms with Crippen molar-refractivity contribution in [3.63, 3.8) is 0 Å². The van der Waals surface area contributed by atoms with Crippen LogP contribution in [-0.2, 0) is 10.2 Å². The van der Waals surface area contributed by atoms with E-state index in [9.17, 15) is 4.79 Å². The summed E-state index contributed by atoms with van der Waals surface area (Å²) < 4.78 is 7.65. The zero-order chi connectivity index (χ0) is 20.1. The first kappa shape index (κ1) is 18.3. The summed E-state index contributed by atoms with van der Waals surface area (Å²) in [6, 6.07) is 14.2. The molecule has 0 spiro atoms. The van der Waals surface area contributed by atoms with Gasteiger partial charge in [0, 0.05) is 35.6 Å². The largest absolute Gasteiger partial charge is 0.381 e. The minimum atomic E-state index is -0.458. The van der Waals surface area contributed by atoms with E-state index in [1.165, 1.54) is 12.0 Å². The molecule has 2 unspecified atom stereocenters. The fourth-order valence-corrected chi connectivity index (χ4v) is 5.15. The summed E-state index contributed by atoms with van der Waals surface area (Å²) in [7, 11) is 0. The molecule has 2 atom stereocenters. The first-order chi connectivity index (χ1) is 14.1. The summed E-state index contributed by atoms with van der Waals surface area (Å²) in [4.78, 5) is 11.7. The highest BCUT2D eigenvalue weighted by atomic mass is 16.5. The van der Waals surface area contributed by atoms with Crippen LogP contribution in [0.5, 0.6) is 0 Å².